The van der Waals surface area contributed by atoms with Crippen molar-refractivity contribution >= 4 is 54.7 Å². The number of hydrogen-bond donors (Lipinski definition) is 0. The first-order valence-corrected chi connectivity index (χ1v) is 21.1. The molecule has 0 nitrogen and oxygen atoms in total. The van der Waals surface area contributed by atoms with Crippen LogP contribution in [0.25, 0.3) is 110 Å². The summed E-state index contributed by atoms with van der Waals surface area (Å²) in [7, 11) is 0. The molecule has 0 atom stereocenters. The summed E-state index contributed by atoms with van der Waals surface area (Å²) in [6.07, 6.45) is 9.11. The van der Waals surface area contributed by atoms with Crippen LogP contribution in [0.5, 0.6) is 0 Å². The number of benzene rings is 10. The summed E-state index contributed by atoms with van der Waals surface area (Å²) in [6, 6.07) is 62.3. The van der Waals surface area contributed by atoms with E-state index in [1.807, 2.05) is 0 Å². The van der Waals surface area contributed by atoms with Crippen LogP contribution >= 0.6 is 0 Å². The average molecular weight is 749 g/mol. The van der Waals surface area contributed by atoms with Gasteiger partial charge in [-0.2, -0.15) is 0 Å². The van der Waals surface area contributed by atoms with Gasteiger partial charge in [0.15, 0.2) is 0 Å². The fourth-order valence-electron chi connectivity index (χ4n) is 11.1. The van der Waals surface area contributed by atoms with Crippen LogP contribution in [0, 0.1) is 0 Å². The van der Waals surface area contributed by atoms with E-state index in [1.165, 1.54) is 132 Å². The normalized spacial score (nSPS) is 14.6. The highest BCUT2D eigenvalue weighted by molar-refractivity contribution is 6.25. The predicted octanol–water partition coefficient (Wildman–Crippen LogP) is 16.1. The zero-order valence-electron chi connectivity index (χ0n) is 33.2. The fraction of sp³-hybridized carbons (Fsp3) is 0.0847. The Hall–Kier alpha value is -7.02. The van der Waals surface area contributed by atoms with Gasteiger partial charge in [-0.15, -0.1) is 0 Å². The van der Waals surface area contributed by atoms with Crippen molar-refractivity contribution in [3.8, 4) is 55.6 Å². The molecule has 0 unspecified atom stereocenters. The van der Waals surface area contributed by atoms with Gasteiger partial charge in [-0.3, -0.25) is 0 Å². The van der Waals surface area contributed by atoms with Crippen LogP contribution in [0.2, 0.25) is 0 Å². The minimum absolute atomic E-state index is 0.122. The quantitative estimate of drug-likeness (QED) is 0.157. The first kappa shape index (κ1) is 33.0. The van der Waals surface area contributed by atoms with Gasteiger partial charge in [0.05, 0.1) is 0 Å². The Morgan fingerprint density at radius 1 is 0.407 bits per heavy atom. The van der Waals surface area contributed by atoms with E-state index in [1.54, 1.807) is 0 Å². The number of allylic oxidation sites excluding steroid dienone is 3. The number of rotatable bonds is 4. The first-order chi connectivity index (χ1) is 29.0. The molecule has 59 heavy (non-hydrogen) atoms. The second kappa shape index (κ2) is 12.0. The SMILES string of the molecule is CC1(C)c2cc(-c3ccc(-c4cccc(-c5ccc6ccc7cccc8ccc5c6c78)c4)cc3)ccc2-c2ccc(-c3ccc4c5c6c(ccc35)C=CCC6=CC4)cc21. The summed E-state index contributed by atoms with van der Waals surface area (Å²) in [6.45, 7) is 4.81. The van der Waals surface area contributed by atoms with Gasteiger partial charge in [0.25, 0.3) is 0 Å². The lowest BCUT2D eigenvalue weighted by Gasteiger charge is -2.25. The molecule has 3 aliphatic carbocycles. The van der Waals surface area contributed by atoms with Crippen molar-refractivity contribution in [2.75, 3.05) is 0 Å². The third kappa shape index (κ3) is 4.72. The molecule has 13 rings (SSSR count). The van der Waals surface area contributed by atoms with E-state index in [-0.39, 0.29) is 5.41 Å². The zero-order chi connectivity index (χ0) is 39.0. The van der Waals surface area contributed by atoms with Crippen LogP contribution in [0.4, 0.5) is 0 Å². The second-order valence-electron chi connectivity index (χ2n) is 17.5. The lowest BCUT2D eigenvalue weighted by Crippen LogP contribution is -2.15. The second-order valence-corrected chi connectivity index (χ2v) is 17.5. The third-order valence-electron chi connectivity index (χ3n) is 14.1. The molecular weight excluding hydrogens is 709 g/mol. The molecule has 10 aromatic rings. The molecule has 0 N–H and O–H groups in total. The van der Waals surface area contributed by atoms with Gasteiger partial charge in [-0.1, -0.05) is 178 Å². The van der Waals surface area contributed by atoms with Crippen molar-refractivity contribution < 1.29 is 0 Å². The maximum atomic E-state index is 2.48. The molecule has 0 aliphatic heterocycles. The molecule has 0 radical (unpaired) electrons. The molecule has 0 spiro atoms. The fourth-order valence-corrected chi connectivity index (χ4v) is 11.1. The molecule has 0 saturated carbocycles. The zero-order valence-corrected chi connectivity index (χ0v) is 33.2. The smallest absolute Gasteiger partial charge is 0.0159 e. The van der Waals surface area contributed by atoms with E-state index in [4.69, 9.17) is 0 Å². The van der Waals surface area contributed by atoms with Gasteiger partial charge in [0.2, 0.25) is 0 Å². The lowest BCUT2D eigenvalue weighted by molar-refractivity contribution is 0.661. The van der Waals surface area contributed by atoms with E-state index < -0.39 is 0 Å². The molecule has 0 amide bonds. The van der Waals surface area contributed by atoms with Gasteiger partial charge >= 0.3 is 0 Å². The number of fused-ring (bicyclic) bond motifs is 3. The van der Waals surface area contributed by atoms with Crippen molar-refractivity contribution in [2.45, 2.75) is 32.1 Å². The van der Waals surface area contributed by atoms with Crippen LogP contribution in [0.15, 0.2) is 176 Å². The number of hydrogen-bond acceptors (Lipinski definition) is 0. The van der Waals surface area contributed by atoms with E-state index in [9.17, 15) is 0 Å². The van der Waals surface area contributed by atoms with Crippen molar-refractivity contribution in [3.63, 3.8) is 0 Å². The third-order valence-corrected chi connectivity index (χ3v) is 14.1. The highest BCUT2D eigenvalue weighted by atomic mass is 14.4. The standard InChI is InChI=1S/C59H40/c1-59(2)53-33-44(24-28-49(53)50-29-25-46(34-54(50)59)48-27-21-42-19-17-38-7-4-9-40-23-31-52(48)58(42)56(38)40)36-14-12-35(13-15-36)43-10-5-11-45(32-43)47-26-20-41-18-16-37-6-3-8-39-22-30-51(47)57(41)55(37)39/h3-6,8-18,20-34H,7,19H2,1-2H3. The molecule has 0 fully saturated rings. The molecule has 0 heterocycles. The highest BCUT2D eigenvalue weighted by Gasteiger charge is 2.36. The Bertz CT molecular complexity index is 3480. The van der Waals surface area contributed by atoms with Crippen LogP contribution in [0.1, 0.15) is 48.1 Å². The molecule has 0 bridgehead atoms. The van der Waals surface area contributed by atoms with E-state index in [0.717, 1.165) is 12.8 Å². The summed E-state index contributed by atoms with van der Waals surface area (Å²) in [5.74, 6) is 0. The largest absolute Gasteiger partial charge is 0.0795 e. The van der Waals surface area contributed by atoms with Crippen LogP contribution in [-0.4, -0.2) is 0 Å². The van der Waals surface area contributed by atoms with Gasteiger partial charge < -0.3 is 0 Å². The maximum absolute atomic E-state index is 2.48. The minimum Gasteiger partial charge on any atom is -0.0795 e. The van der Waals surface area contributed by atoms with Gasteiger partial charge in [0, 0.05) is 5.41 Å². The van der Waals surface area contributed by atoms with Crippen molar-refractivity contribution in [3.05, 3.63) is 204 Å². The Kier molecular flexibility index (Phi) is 6.72. The minimum atomic E-state index is -0.122. The highest BCUT2D eigenvalue weighted by Crippen LogP contribution is 2.52. The van der Waals surface area contributed by atoms with Crippen molar-refractivity contribution in [1.29, 1.82) is 0 Å². The molecular formula is C59H40. The monoisotopic (exact) mass is 748 g/mol. The summed E-state index contributed by atoms with van der Waals surface area (Å²) in [5.41, 5.74) is 21.3. The Morgan fingerprint density at radius 3 is 1.73 bits per heavy atom. The Labute approximate surface area is 344 Å². The molecule has 0 saturated heterocycles. The van der Waals surface area contributed by atoms with E-state index in [2.05, 4.69) is 196 Å². The van der Waals surface area contributed by atoms with Crippen molar-refractivity contribution in [2.24, 2.45) is 0 Å². The van der Waals surface area contributed by atoms with Crippen LogP contribution in [-0.2, 0) is 11.8 Å². The van der Waals surface area contributed by atoms with Crippen LogP contribution < -0.4 is 0 Å². The molecule has 276 valence electrons. The van der Waals surface area contributed by atoms with Gasteiger partial charge in [0.1, 0.15) is 0 Å². The lowest BCUT2D eigenvalue weighted by atomic mass is 9.78. The molecule has 0 aromatic heterocycles. The summed E-state index contributed by atoms with van der Waals surface area (Å²) < 4.78 is 0. The Balaban J connectivity index is 0.827. The molecule has 3 aliphatic rings. The Morgan fingerprint density at radius 2 is 0.949 bits per heavy atom. The summed E-state index contributed by atoms with van der Waals surface area (Å²) in [5, 5.41) is 10.8. The maximum Gasteiger partial charge on any atom is 0.0159 e. The average Bonchev–Trinajstić information content (AvgIpc) is 3.52. The molecule has 0 heteroatoms. The van der Waals surface area contributed by atoms with E-state index >= 15 is 0 Å². The van der Waals surface area contributed by atoms with E-state index in [0.29, 0.717) is 0 Å². The molecule has 10 aromatic carbocycles. The van der Waals surface area contributed by atoms with Gasteiger partial charge in [-0.05, 0) is 163 Å². The summed E-state index contributed by atoms with van der Waals surface area (Å²) >= 11 is 0. The first-order valence-electron chi connectivity index (χ1n) is 21.1. The van der Waals surface area contributed by atoms with Crippen LogP contribution in [0.3, 0.4) is 0 Å². The predicted molar refractivity (Wildman–Crippen MR) is 252 cm³/mol. The van der Waals surface area contributed by atoms with Gasteiger partial charge in [-0.25, -0.2) is 0 Å². The van der Waals surface area contributed by atoms with Crippen molar-refractivity contribution in [1.82, 2.24) is 0 Å². The topological polar surface area (TPSA) is 0 Å². The summed E-state index contributed by atoms with van der Waals surface area (Å²) in [4.78, 5) is 0.